The number of aromatic nitrogens is 1. The zero-order valence-corrected chi connectivity index (χ0v) is 11.6. The molecule has 0 radical (unpaired) electrons. The van der Waals surface area contributed by atoms with Gasteiger partial charge in [-0.05, 0) is 24.3 Å². The first-order valence-electron chi connectivity index (χ1n) is 6.12. The maximum Gasteiger partial charge on any atom is 0.412 e. The third-order valence-electron chi connectivity index (χ3n) is 2.82. The number of ether oxygens (including phenoxy) is 1. The lowest BCUT2D eigenvalue weighted by atomic mass is 10.2. The molecule has 0 spiro atoms. The molecule has 0 aliphatic rings. The monoisotopic (exact) mass is 284 g/mol. The van der Waals surface area contributed by atoms with E-state index < -0.39 is 6.09 Å². The fourth-order valence-corrected chi connectivity index (χ4v) is 2.87. The zero-order chi connectivity index (χ0) is 13.9. The Morgan fingerprint density at radius 2 is 1.90 bits per heavy atom. The number of amides is 1. The number of para-hydroxylation sites is 2. The molecule has 0 bridgehead atoms. The number of fused-ring (bicyclic) bond motifs is 1. The van der Waals surface area contributed by atoms with Crippen LogP contribution in [0.5, 0.6) is 5.75 Å². The van der Waals surface area contributed by atoms with Crippen LogP contribution in [0.2, 0.25) is 0 Å². The predicted octanol–water partition coefficient (Wildman–Crippen LogP) is 3.68. The van der Waals surface area contributed by atoms with Crippen molar-refractivity contribution in [2.24, 2.45) is 0 Å². The van der Waals surface area contributed by atoms with Crippen LogP contribution in [0.25, 0.3) is 20.8 Å². The predicted molar refractivity (Wildman–Crippen MR) is 80.1 cm³/mol. The van der Waals surface area contributed by atoms with Gasteiger partial charge < -0.3 is 10.1 Å². The van der Waals surface area contributed by atoms with Crippen LogP contribution in [0.1, 0.15) is 0 Å². The molecule has 0 atom stereocenters. The topological polar surface area (TPSA) is 51.2 Å². The van der Waals surface area contributed by atoms with Gasteiger partial charge in [-0.1, -0.05) is 24.3 Å². The number of hydrogen-bond acceptors (Lipinski definition) is 4. The highest BCUT2D eigenvalue weighted by molar-refractivity contribution is 7.21. The Morgan fingerprint density at radius 1 is 1.15 bits per heavy atom. The van der Waals surface area contributed by atoms with Crippen molar-refractivity contribution in [2.45, 2.75) is 0 Å². The van der Waals surface area contributed by atoms with Gasteiger partial charge in [-0.15, -0.1) is 11.3 Å². The van der Waals surface area contributed by atoms with Crippen LogP contribution in [-0.2, 0) is 0 Å². The maximum atomic E-state index is 11.4. The summed E-state index contributed by atoms with van der Waals surface area (Å²) in [7, 11) is 1.53. The molecule has 20 heavy (non-hydrogen) atoms. The largest absolute Gasteiger partial charge is 0.412 e. The minimum absolute atomic E-state index is 0.487. The highest BCUT2D eigenvalue weighted by Gasteiger charge is 2.13. The van der Waals surface area contributed by atoms with Crippen molar-refractivity contribution in [3.8, 4) is 16.3 Å². The van der Waals surface area contributed by atoms with Gasteiger partial charge in [0.25, 0.3) is 0 Å². The highest BCUT2D eigenvalue weighted by atomic mass is 32.1. The number of nitrogens with zero attached hydrogens (tertiary/aromatic N) is 1. The van der Waals surface area contributed by atoms with Gasteiger partial charge in [-0.25, -0.2) is 9.78 Å². The van der Waals surface area contributed by atoms with E-state index in [0.717, 1.165) is 20.8 Å². The Morgan fingerprint density at radius 3 is 2.70 bits per heavy atom. The van der Waals surface area contributed by atoms with Crippen molar-refractivity contribution in [2.75, 3.05) is 7.05 Å². The van der Waals surface area contributed by atoms with E-state index in [4.69, 9.17) is 4.74 Å². The van der Waals surface area contributed by atoms with Crippen LogP contribution >= 0.6 is 11.3 Å². The lowest BCUT2D eigenvalue weighted by Gasteiger charge is -2.07. The average Bonchev–Trinajstić information content (AvgIpc) is 2.91. The molecule has 3 rings (SSSR count). The molecule has 4 nitrogen and oxygen atoms in total. The second-order valence-electron chi connectivity index (χ2n) is 4.12. The number of hydrogen-bond donors (Lipinski definition) is 1. The van der Waals surface area contributed by atoms with E-state index >= 15 is 0 Å². The van der Waals surface area contributed by atoms with Crippen LogP contribution in [0.15, 0.2) is 48.5 Å². The van der Waals surface area contributed by atoms with E-state index in [2.05, 4.69) is 10.3 Å². The van der Waals surface area contributed by atoms with Gasteiger partial charge >= 0.3 is 6.09 Å². The number of nitrogens with one attached hydrogen (secondary N) is 1. The second kappa shape index (κ2) is 5.30. The van der Waals surface area contributed by atoms with Crippen LogP contribution < -0.4 is 10.1 Å². The van der Waals surface area contributed by atoms with E-state index in [1.165, 1.54) is 7.05 Å². The van der Waals surface area contributed by atoms with Crippen molar-refractivity contribution in [3.63, 3.8) is 0 Å². The van der Waals surface area contributed by atoms with Crippen LogP contribution in [0.3, 0.4) is 0 Å². The normalized spacial score (nSPS) is 10.4. The lowest BCUT2D eigenvalue weighted by molar-refractivity contribution is 0.203. The van der Waals surface area contributed by atoms with Crippen LogP contribution in [0, 0.1) is 0 Å². The Bertz CT molecular complexity index is 734. The van der Waals surface area contributed by atoms with Gasteiger partial charge in [0.05, 0.1) is 15.8 Å². The third kappa shape index (κ3) is 2.35. The van der Waals surface area contributed by atoms with Gasteiger partial charge in [0.15, 0.2) is 0 Å². The van der Waals surface area contributed by atoms with Crippen molar-refractivity contribution in [1.82, 2.24) is 10.3 Å². The second-order valence-corrected chi connectivity index (χ2v) is 5.15. The highest BCUT2D eigenvalue weighted by Crippen LogP contribution is 2.35. The smallest absolute Gasteiger partial charge is 0.410 e. The molecule has 3 aromatic rings. The molecule has 0 saturated heterocycles. The fourth-order valence-electron chi connectivity index (χ4n) is 1.87. The Hall–Kier alpha value is -2.40. The first-order chi connectivity index (χ1) is 9.78. The van der Waals surface area contributed by atoms with E-state index in [1.54, 1.807) is 17.4 Å². The molecule has 1 aromatic heterocycles. The molecule has 1 amide bonds. The van der Waals surface area contributed by atoms with Gasteiger partial charge in [-0.2, -0.15) is 0 Å². The molecule has 0 aliphatic carbocycles. The summed E-state index contributed by atoms with van der Waals surface area (Å²) in [6.45, 7) is 0. The van der Waals surface area contributed by atoms with E-state index in [-0.39, 0.29) is 0 Å². The lowest BCUT2D eigenvalue weighted by Crippen LogP contribution is -2.22. The molecule has 0 fully saturated rings. The molecule has 1 heterocycles. The number of benzene rings is 2. The molecule has 0 aliphatic heterocycles. The van der Waals surface area contributed by atoms with Gasteiger partial charge in [0.2, 0.25) is 0 Å². The van der Waals surface area contributed by atoms with Gasteiger partial charge in [0.1, 0.15) is 10.8 Å². The summed E-state index contributed by atoms with van der Waals surface area (Å²) in [4.78, 5) is 16.0. The SMILES string of the molecule is CNC(=O)Oc1ccccc1-c1nc2ccccc2s1. The van der Waals surface area contributed by atoms with Crippen molar-refractivity contribution in [1.29, 1.82) is 0 Å². The fraction of sp³-hybridized carbons (Fsp3) is 0.0667. The van der Waals surface area contributed by atoms with Crippen LogP contribution in [0.4, 0.5) is 4.79 Å². The van der Waals surface area contributed by atoms with E-state index in [9.17, 15) is 4.79 Å². The molecule has 1 N–H and O–H groups in total. The van der Waals surface area contributed by atoms with Gasteiger partial charge in [-0.3, -0.25) is 0 Å². The minimum Gasteiger partial charge on any atom is -0.410 e. The molecule has 5 heteroatoms. The number of carbonyl (C=O) groups is 1. The Labute approximate surface area is 120 Å². The molecule has 0 unspecified atom stereocenters. The zero-order valence-electron chi connectivity index (χ0n) is 10.8. The third-order valence-corrected chi connectivity index (χ3v) is 3.89. The minimum atomic E-state index is -0.487. The first-order valence-corrected chi connectivity index (χ1v) is 6.94. The summed E-state index contributed by atoms with van der Waals surface area (Å²) in [6, 6.07) is 15.3. The Balaban J connectivity index is 2.07. The number of rotatable bonds is 2. The number of thiazole rings is 1. The average molecular weight is 284 g/mol. The van der Waals surface area contributed by atoms with E-state index in [1.807, 2.05) is 42.5 Å². The summed E-state index contributed by atoms with van der Waals surface area (Å²) in [5, 5.41) is 3.28. The van der Waals surface area contributed by atoms with Crippen molar-refractivity contribution < 1.29 is 9.53 Å². The molecular weight excluding hydrogens is 272 g/mol. The summed E-state index contributed by atoms with van der Waals surface area (Å²) in [5.74, 6) is 0.505. The summed E-state index contributed by atoms with van der Waals surface area (Å²) < 4.78 is 6.37. The summed E-state index contributed by atoms with van der Waals surface area (Å²) >= 11 is 1.58. The quantitative estimate of drug-likeness (QED) is 0.781. The Kier molecular flexibility index (Phi) is 3.35. The van der Waals surface area contributed by atoms with Gasteiger partial charge in [0, 0.05) is 7.05 Å². The molecule has 100 valence electrons. The van der Waals surface area contributed by atoms with Crippen molar-refractivity contribution >= 4 is 27.6 Å². The summed E-state index contributed by atoms with van der Waals surface area (Å²) in [5.41, 5.74) is 1.76. The molecular formula is C15H12N2O2S. The maximum absolute atomic E-state index is 11.4. The van der Waals surface area contributed by atoms with Crippen molar-refractivity contribution in [3.05, 3.63) is 48.5 Å². The standard InChI is InChI=1S/C15H12N2O2S/c1-16-15(18)19-12-8-4-2-6-10(12)14-17-11-7-3-5-9-13(11)20-14/h2-9H,1H3,(H,16,18). The van der Waals surface area contributed by atoms with E-state index in [0.29, 0.717) is 5.75 Å². The molecule has 0 saturated carbocycles. The summed E-state index contributed by atoms with van der Waals surface area (Å²) in [6.07, 6.45) is -0.487. The number of carbonyl (C=O) groups excluding carboxylic acids is 1. The molecule has 2 aromatic carbocycles. The first kappa shape index (κ1) is 12.6. The van der Waals surface area contributed by atoms with Crippen LogP contribution in [-0.4, -0.2) is 18.1 Å².